The molecule has 9 heteroatoms. The number of halogens is 2. The number of hydrogen-bond donors (Lipinski definition) is 2. The van der Waals surface area contributed by atoms with Gasteiger partial charge in [0.25, 0.3) is 5.56 Å². The summed E-state index contributed by atoms with van der Waals surface area (Å²) in [4.78, 5) is 18.4. The molecule has 0 amide bonds. The number of hydrogen-bond acceptors (Lipinski definition) is 6. The molecule has 0 aliphatic heterocycles. The molecule has 3 aromatic rings. The zero-order valence-corrected chi connectivity index (χ0v) is 17.9. The summed E-state index contributed by atoms with van der Waals surface area (Å²) in [6, 6.07) is 12.1. The van der Waals surface area contributed by atoms with Gasteiger partial charge in [0, 0.05) is 27.4 Å². The first kappa shape index (κ1) is 21.7. The molecule has 0 saturated carbocycles. The molecule has 7 nitrogen and oxygen atoms in total. The number of aromatic amines is 1. The van der Waals surface area contributed by atoms with Crippen LogP contribution < -0.4 is 20.5 Å². The lowest BCUT2D eigenvalue weighted by Crippen LogP contribution is -2.11. The zero-order chi connectivity index (χ0) is 21.5. The van der Waals surface area contributed by atoms with E-state index in [1.165, 1.54) is 6.07 Å². The van der Waals surface area contributed by atoms with Gasteiger partial charge in [-0.15, -0.1) is 0 Å². The average molecular weight is 447 g/mol. The van der Waals surface area contributed by atoms with Crippen molar-refractivity contribution in [3.63, 3.8) is 0 Å². The third kappa shape index (κ3) is 5.52. The molecule has 2 aromatic carbocycles. The summed E-state index contributed by atoms with van der Waals surface area (Å²) in [6.45, 7) is 2.13. The molecule has 0 unspecified atom stereocenters. The quantitative estimate of drug-likeness (QED) is 0.387. The van der Waals surface area contributed by atoms with Crippen LogP contribution in [0.2, 0.25) is 10.0 Å². The number of nitrogens with zero attached hydrogens (tertiary/aromatic N) is 2. The number of nitrogens with one attached hydrogen (secondary N) is 2. The van der Waals surface area contributed by atoms with Crippen LogP contribution in [-0.4, -0.2) is 23.3 Å². The molecule has 0 atom stereocenters. The van der Waals surface area contributed by atoms with Crippen molar-refractivity contribution in [3.05, 3.63) is 79.7 Å². The third-order valence-electron chi connectivity index (χ3n) is 4.16. The Balaban J connectivity index is 1.70. The van der Waals surface area contributed by atoms with E-state index in [9.17, 15) is 4.79 Å². The molecule has 1 aromatic heterocycles. The van der Waals surface area contributed by atoms with Crippen LogP contribution in [-0.2, 0) is 13.0 Å². The molecule has 0 saturated heterocycles. The van der Waals surface area contributed by atoms with Crippen molar-refractivity contribution in [2.24, 2.45) is 5.10 Å². The first-order chi connectivity index (χ1) is 14.5. The minimum Gasteiger partial charge on any atom is -0.493 e. The van der Waals surface area contributed by atoms with Gasteiger partial charge in [-0.25, -0.2) is 10.4 Å². The molecular formula is C21H20Cl2N4O3. The number of H-pyrrole nitrogens is 1. The Bertz CT molecular complexity index is 1100. The van der Waals surface area contributed by atoms with Crippen LogP contribution in [0.5, 0.6) is 11.5 Å². The van der Waals surface area contributed by atoms with Crippen molar-refractivity contribution in [2.45, 2.75) is 20.0 Å². The lowest BCUT2D eigenvalue weighted by atomic mass is 10.2. The normalized spacial score (nSPS) is 10.9. The van der Waals surface area contributed by atoms with Gasteiger partial charge in [-0.2, -0.15) is 5.10 Å². The number of aryl methyl sites for hydroxylation is 1. The summed E-state index contributed by atoms with van der Waals surface area (Å²) in [6.07, 6.45) is 2.23. The monoisotopic (exact) mass is 446 g/mol. The molecule has 3 rings (SSSR count). The predicted molar refractivity (Wildman–Crippen MR) is 119 cm³/mol. The van der Waals surface area contributed by atoms with Crippen LogP contribution >= 0.6 is 23.2 Å². The fourth-order valence-corrected chi connectivity index (χ4v) is 3.12. The molecule has 2 N–H and O–H groups in total. The maximum Gasteiger partial charge on any atom is 0.252 e. The van der Waals surface area contributed by atoms with E-state index in [0.29, 0.717) is 39.2 Å². The van der Waals surface area contributed by atoms with E-state index < -0.39 is 0 Å². The second-order valence-electron chi connectivity index (χ2n) is 6.21. The average Bonchev–Trinajstić information content (AvgIpc) is 2.73. The lowest BCUT2D eigenvalue weighted by molar-refractivity contribution is 0.284. The summed E-state index contributed by atoms with van der Waals surface area (Å²) in [5.74, 6) is 1.35. The van der Waals surface area contributed by atoms with Crippen molar-refractivity contribution >= 4 is 35.4 Å². The van der Waals surface area contributed by atoms with Crippen molar-refractivity contribution < 1.29 is 9.47 Å². The summed E-state index contributed by atoms with van der Waals surface area (Å²) in [7, 11) is 1.55. The van der Waals surface area contributed by atoms with E-state index in [1.807, 2.05) is 13.0 Å². The van der Waals surface area contributed by atoms with E-state index in [-0.39, 0.29) is 18.1 Å². The minimum absolute atomic E-state index is 0.205. The Morgan fingerprint density at radius 3 is 2.63 bits per heavy atom. The van der Waals surface area contributed by atoms with Crippen LogP contribution in [0.4, 0.5) is 5.95 Å². The molecule has 0 aliphatic rings. The standard InChI is InChI=1S/C21H20Cl2N4O3/c1-3-14-10-20(28)26-21(25-14)27-24-11-13-7-8-18(19(9-13)29-2)30-12-15-16(22)5-4-6-17(15)23/h4-11H,3,12H2,1-2H3,(H2,25,26,27,28)/b24-11-. The fraction of sp³-hybridized carbons (Fsp3) is 0.190. The van der Waals surface area contributed by atoms with Gasteiger partial charge < -0.3 is 9.47 Å². The molecule has 0 fully saturated rings. The molecule has 30 heavy (non-hydrogen) atoms. The van der Waals surface area contributed by atoms with Crippen molar-refractivity contribution in [2.75, 3.05) is 12.5 Å². The minimum atomic E-state index is -0.235. The fourth-order valence-electron chi connectivity index (χ4n) is 2.61. The van der Waals surface area contributed by atoms with Crippen molar-refractivity contribution in [3.8, 4) is 11.5 Å². The van der Waals surface area contributed by atoms with E-state index in [4.69, 9.17) is 32.7 Å². The number of methoxy groups -OCH3 is 1. The van der Waals surface area contributed by atoms with Crippen LogP contribution in [0.15, 0.2) is 52.4 Å². The molecule has 1 heterocycles. The Labute approximate surface area is 183 Å². The van der Waals surface area contributed by atoms with Gasteiger partial charge >= 0.3 is 0 Å². The second kappa shape index (κ2) is 10.1. The zero-order valence-electron chi connectivity index (χ0n) is 16.4. The van der Waals surface area contributed by atoms with Gasteiger partial charge in [-0.3, -0.25) is 9.78 Å². The predicted octanol–water partition coefficient (Wildman–Crippen LogP) is 4.67. The molecule has 0 bridgehead atoms. The largest absolute Gasteiger partial charge is 0.493 e. The van der Waals surface area contributed by atoms with Gasteiger partial charge in [0.2, 0.25) is 5.95 Å². The highest BCUT2D eigenvalue weighted by molar-refractivity contribution is 6.35. The number of rotatable bonds is 8. The van der Waals surface area contributed by atoms with Crippen molar-refractivity contribution in [1.82, 2.24) is 9.97 Å². The highest BCUT2D eigenvalue weighted by atomic mass is 35.5. The lowest BCUT2D eigenvalue weighted by Gasteiger charge is -2.13. The van der Waals surface area contributed by atoms with Crippen LogP contribution in [0.1, 0.15) is 23.7 Å². The van der Waals surface area contributed by atoms with Crippen LogP contribution in [0, 0.1) is 0 Å². The van der Waals surface area contributed by atoms with Gasteiger partial charge in [-0.05, 0) is 42.3 Å². The van der Waals surface area contributed by atoms with Gasteiger partial charge in [0.15, 0.2) is 11.5 Å². The van der Waals surface area contributed by atoms with Crippen molar-refractivity contribution in [1.29, 1.82) is 0 Å². The Morgan fingerprint density at radius 2 is 1.93 bits per heavy atom. The smallest absolute Gasteiger partial charge is 0.252 e. The van der Waals surface area contributed by atoms with E-state index >= 15 is 0 Å². The highest BCUT2D eigenvalue weighted by Crippen LogP contribution is 2.31. The number of benzene rings is 2. The second-order valence-corrected chi connectivity index (χ2v) is 7.02. The van der Waals surface area contributed by atoms with E-state index in [2.05, 4.69) is 20.5 Å². The van der Waals surface area contributed by atoms with Gasteiger partial charge in [0.1, 0.15) is 6.61 Å². The summed E-state index contributed by atoms with van der Waals surface area (Å²) in [5.41, 5.74) is 4.63. The molecule has 156 valence electrons. The summed E-state index contributed by atoms with van der Waals surface area (Å²) in [5, 5.41) is 5.19. The topological polar surface area (TPSA) is 88.6 Å². The number of anilines is 1. The van der Waals surface area contributed by atoms with Crippen LogP contribution in [0.25, 0.3) is 0 Å². The molecule has 0 spiro atoms. The molecule has 0 aliphatic carbocycles. The van der Waals surface area contributed by atoms with Gasteiger partial charge in [-0.1, -0.05) is 36.2 Å². The highest BCUT2D eigenvalue weighted by Gasteiger charge is 2.10. The number of hydrazone groups is 1. The first-order valence-corrected chi connectivity index (χ1v) is 9.88. The first-order valence-electron chi connectivity index (χ1n) is 9.13. The maximum atomic E-state index is 11.6. The molecular weight excluding hydrogens is 427 g/mol. The number of ether oxygens (including phenoxy) is 2. The molecule has 0 radical (unpaired) electrons. The maximum absolute atomic E-state index is 11.6. The van der Waals surface area contributed by atoms with Gasteiger partial charge in [0.05, 0.1) is 13.3 Å². The Hall–Kier alpha value is -3.03. The number of aromatic nitrogens is 2. The Kier molecular flexibility index (Phi) is 7.32. The van der Waals surface area contributed by atoms with E-state index in [0.717, 1.165) is 5.56 Å². The van der Waals surface area contributed by atoms with Crippen LogP contribution in [0.3, 0.4) is 0 Å². The van der Waals surface area contributed by atoms with E-state index in [1.54, 1.807) is 43.7 Å². The Morgan fingerprint density at radius 1 is 1.17 bits per heavy atom. The summed E-state index contributed by atoms with van der Waals surface area (Å²) >= 11 is 12.4. The third-order valence-corrected chi connectivity index (χ3v) is 4.87. The summed E-state index contributed by atoms with van der Waals surface area (Å²) < 4.78 is 11.3. The SMILES string of the molecule is CCc1cc(=O)[nH]c(N/N=C\c2ccc(OCc3c(Cl)cccc3Cl)c(OC)c2)n1.